The maximum atomic E-state index is 12.6. The van der Waals surface area contributed by atoms with Gasteiger partial charge < -0.3 is 49.3 Å². The van der Waals surface area contributed by atoms with Gasteiger partial charge in [0.05, 0.1) is 13.7 Å². The quantitative estimate of drug-likeness (QED) is 0.302. The van der Waals surface area contributed by atoms with E-state index < -0.39 is 54.2 Å². The van der Waals surface area contributed by atoms with Gasteiger partial charge in [-0.3, -0.25) is 4.79 Å². The average molecular weight is 462 g/mol. The number of aliphatic hydroxyl groups excluding tert-OH is 4. The second kappa shape index (κ2) is 8.89. The highest BCUT2D eigenvalue weighted by Crippen LogP contribution is 2.36. The molecule has 5 atom stereocenters. The summed E-state index contributed by atoms with van der Waals surface area (Å²) in [7, 11) is 1.38. The van der Waals surface area contributed by atoms with Crippen LogP contribution in [0.4, 0.5) is 0 Å². The molecule has 0 spiro atoms. The number of hydrogen-bond donors (Lipinski definition) is 6. The molecule has 11 heteroatoms. The standard InChI is InChI=1S/C22H22O11/c1-30-11-6-12(24)15-13(7-11)32-21(19(28)17(15)26)9-2-4-10(5-3-9)31-22-20(29)18(27)16(25)14(8-23)33-22/h2-7,14,16,18,20,22-25,27-29H,8H2,1H3/t14-,16-,18-,20-,22-/m1/s1. The summed E-state index contributed by atoms with van der Waals surface area (Å²) < 4.78 is 21.5. The van der Waals surface area contributed by atoms with E-state index in [9.17, 15) is 35.4 Å². The average Bonchev–Trinajstić information content (AvgIpc) is 2.81. The van der Waals surface area contributed by atoms with Gasteiger partial charge in [-0.1, -0.05) is 0 Å². The molecule has 1 fully saturated rings. The minimum absolute atomic E-state index is 0.00583. The Morgan fingerprint density at radius 1 is 0.970 bits per heavy atom. The van der Waals surface area contributed by atoms with E-state index in [2.05, 4.69) is 0 Å². The van der Waals surface area contributed by atoms with Crippen LogP contribution in [0.15, 0.2) is 45.6 Å². The molecule has 0 radical (unpaired) electrons. The van der Waals surface area contributed by atoms with E-state index >= 15 is 0 Å². The zero-order chi connectivity index (χ0) is 23.9. The molecule has 0 aliphatic carbocycles. The first kappa shape index (κ1) is 22.8. The zero-order valence-corrected chi connectivity index (χ0v) is 17.3. The Morgan fingerprint density at radius 3 is 2.30 bits per heavy atom. The first-order valence-electron chi connectivity index (χ1n) is 9.89. The Balaban J connectivity index is 1.63. The molecule has 11 nitrogen and oxygen atoms in total. The summed E-state index contributed by atoms with van der Waals surface area (Å²) >= 11 is 0. The molecule has 6 N–H and O–H groups in total. The Hall–Kier alpha value is -3.35. The Morgan fingerprint density at radius 2 is 1.67 bits per heavy atom. The van der Waals surface area contributed by atoms with E-state index in [1.54, 1.807) is 0 Å². The van der Waals surface area contributed by atoms with Crippen LogP contribution in [-0.4, -0.2) is 75.1 Å². The number of ether oxygens (including phenoxy) is 3. The molecule has 3 aromatic rings. The predicted octanol–water partition coefficient (Wildman–Crippen LogP) is 0.0585. The molecule has 0 bridgehead atoms. The van der Waals surface area contributed by atoms with Gasteiger partial charge >= 0.3 is 0 Å². The van der Waals surface area contributed by atoms with Gasteiger partial charge in [-0.25, -0.2) is 0 Å². The van der Waals surface area contributed by atoms with Crippen LogP contribution in [0.2, 0.25) is 0 Å². The minimum Gasteiger partial charge on any atom is -0.507 e. The Kier molecular flexibility index (Phi) is 6.15. The van der Waals surface area contributed by atoms with Crippen molar-refractivity contribution in [3.05, 3.63) is 46.6 Å². The molecule has 2 aromatic carbocycles. The lowest BCUT2D eigenvalue weighted by Crippen LogP contribution is -2.60. The third-order valence-corrected chi connectivity index (χ3v) is 5.38. The zero-order valence-electron chi connectivity index (χ0n) is 17.3. The van der Waals surface area contributed by atoms with Crippen molar-refractivity contribution < 1.29 is 49.3 Å². The number of hydrogen-bond acceptors (Lipinski definition) is 11. The molecule has 33 heavy (non-hydrogen) atoms. The van der Waals surface area contributed by atoms with Crippen molar-refractivity contribution in [1.29, 1.82) is 0 Å². The van der Waals surface area contributed by atoms with Crippen LogP contribution in [0.5, 0.6) is 23.0 Å². The van der Waals surface area contributed by atoms with Crippen molar-refractivity contribution >= 4 is 11.0 Å². The highest BCUT2D eigenvalue weighted by atomic mass is 16.7. The predicted molar refractivity (Wildman–Crippen MR) is 112 cm³/mol. The molecular weight excluding hydrogens is 440 g/mol. The summed E-state index contributed by atoms with van der Waals surface area (Å²) in [5, 5.41) is 59.3. The third kappa shape index (κ3) is 4.08. The molecule has 0 unspecified atom stereocenters. The lowest BCUT2D eigenvalue weighted by atomic mass is 9.99. The van der Waals surface area contributed by atoms with Crippen LogP contribution < -0.4 is 14.9 Å². The summed E-state index contributed by atoms with van der Waals surface area (Å²) in [6, 6.07) is 8.42. The number of methoxy groups -OCH3 is 1. The minimum atomic E-state index is -1.59. The fraction of sp³-hybridized carbons (Fsp3) is 0.318. The van der Waals surface area contributed by atoms with Gasteiger partial charge in [-0.15, -0.1) is 0 Å². The molecule has 4 rings (SSSR count). The summed E-state index contributed by atoms with van der Waals surface area (Å²) in [5.74, 6) is -0.818. The smallest absolute Gasteiger partial charge is 0.238 e. The van der Waals surface area contributed by atoms with Crippen LogP contribution in [0, 0.1) is 0 Å². The largest absolute Gasteiger partial charge is 0.507 e. The van der Waals surface area contributed by atoms with Gasteiger partial charge in [-0.2, -0.15) is 0 Å². The summed E-state index contributed by atoms with van der Waals surface area (Å²) in [6.07, 6.45) is -7.16. The summed E-state index contributed by atoms with van der Waals surface area (Å²) in [5.41, 5.74) is -0.519. The number of aromatic hydroxyl groups is 2. The van der Waals surface area contributed by atoms with Gasteiger partial charge in [0.2, 0.25) is 17.5 Å². The number of benzene rings is 2. The number of phenols is 1. The summed E-state index contributed by atoms with van der Waals surface area (Å²) in [6.45, 7) is -0.593. The van der Waals surface area contributed by atoms with Crippen LogP contribution in [-0.2, 0) is 4.74 Å². The normalized spacial score (nSPS) is 25.2. The SMILES string of the molecule is COc1cc(O)c2c(=O)c(O)c(-c3ccc(O[C@@H]4O[C@H](CO)[C@@H](O)[C@@H](O)[C@H]4O)cc3)oc2c1. The second-order valence-corrected chi connectivity index (χ2v) is 7.47. The van der Waals surface area contributed by atoms with E-state index in [1.165, 1.54) is 43.5 Å². The van der Waals surface area contributed by atoms with Crippen molar-refractivity contribution in [3.8, 4) is 34.3 Å². The van der Waals surface area contributed by atoms with Gasteiger partial charge in [0, 0.05) is 17.7 Å². The molecule has 176 valence electrons. The first-order chi connectivity index (χ1) is 15.7. The molecule has 2 heterocycles. The molecule has 1 saturated heterocycles. The fourth-order valence-corrected chi connectivity index (χ4v) is 3.56. The van der Waals surface area contributed by atoms with E-state index in [1.807, 2.05) is 0 Å². The maximum absolute atomic E-state index is 12.6. The third-order valence-electron chi connectivity index (χ3n) is 5.38. The number of phenolic OH excluding ortho intramolecular Hbond substituents is 1. The second-order valence-electron chi connectivity index (χ2n) is 7.47. The van der Waals surface area contributed by atoms with Gasteiger partial charge in [-0.05, 0) is 24.3 Å². The Bertz CT molecular complexity index is 1200. The van der Waals surface area contributed by atoms with Crippen molar-refractivity contribution in [3.63, 3.8) is 0 Å². The first-order valence-corrected chi connectivity index (χ1v) is 9.89. The number of rotatable bonds is 5. The van der Waals surface area contributed by atoms with Crippen molar-refractivity contribution in [1.82, 2.24) is 0 Å². The highest BCUT2D eigenvalue weighted by molar-refractivity contribution is 5.88. The van der Waals surface area contributed by atoms with Crippen LogP contribution >= 0.6 is 0 Å². The lowest BCUT2D eigenvalue weighted by Gasteiger charge is -2.39. The molecule has 1 aliphatic heterocycles. The molecule has 0 saturated carbocycles. The van der Waals surface area contributed by atoms with Crippen molar-refractivity contribution in [2.75, 3.05) is 13.7 Å². The molecule has 0 amide bonds. The van der Waals surface area contributed by atoms with E-state index in [0.29, 0.717) is 5.56 Å². The lowest BCUT2D eigenvalue weighted by molar-refractivity contribution is -0.277. The summed E-state index contributed by atoms with van der Waals surface area (Å²) in [4.78, 5) is 12.6. The Labute approximate surface area is 186 Å². The number of aliphatic hydroxyl groups is 4. The van der Waals surface area contributed by atoms with Gasteiger partial charge in [0.1, 0.15) is 52.6 Å². The highest BCUT2D eigenvalue weighted by Gasteiger charge is 2.44. The van der Waals surface area contributed by atoms with E-state index in [-0.39, 0.29) is 28.2 Å². The molecule has 1 aromatic heterocycles. The van der Waals surface area contributed by atoms with Crippen molar-refractivity contribution in [2.24, 2.45) is 0 Å². The topological polar surface area (TPSA) is 179 Å². The van der Waals surface area contributed by atoms with E-state index in [4.69, 9.17) is 18.6 Å². The monoisotopic (exact) mass is 462 g/mol. The van der Waals surface area contributed by atoms with Crippen LogP contribution in [0.25, 0.3) is 22.3 Å². The van der Waals surface area contributed by atoms with Gasteiger partial charge in [0.15, 0.2) is 5.76 Å². The van der Waals surface area contributed by atoms with E-state index in [0.717, 1.165) is 0 Å². The fourth-order valence-electron chi connectivity index (χ4n) is 3.56. The van der Waals surface area contributed by atoms with Crippen LogP contribution in [0.1, 0.15) is 0 Å². The maximum Gasteiger partial charge on any atom is 0.238 e. The van der Waals surface area contributed by atoms with Crippen LogP contribution in [0.3, 0.4) is 0 Å². The molecular formula is C22H22O11. The van der Waals surface area contributed by atoms with Crippen molar-refractivity contribution in [2.45, 2.75) is 30.7 Å². The number of fused-ring (bicyclic) bond motifs is 1. The van der Waals surface area contributed by atoms with Gasteiger partial charge in [0.25, 0.3) is 0 Å². The molecule has 1 aliphatic rings.